The largest absolute Gasteiger partial charge is 0.294 e. The topological polar surface area (TPSA) is 98.7 Å². The zero-order valence-electron chi connectivity index (χ0n) is 16.7. The molecule has 1 fully saturated rings. The fraction of sp³-hybridized carbons (Fsp3) is 0.333. The van der Waals surface area contributed by atoms with Gasteiger partial charge in [0.15, 0.2) is 5.78 Å². The quantitative estimate of drug-likeness (QED) is 0.304. The molecule has 3 rings (SSSR count). The van der Waals surface area contributed by atoms with Crippen molar-refractivity contribution in [1.29, 1.82) is 0 Å². The van der Waals surface area contributed by atoms with Gasteiger partial charge in [-0.1, -0.05) is 54.2 Å². The van der Waals surface area contributed by atoms with Crippen LogP contribution in [0.3, 0.4) is 0 Å². The minimum atomic E-state index is -3.86. The first-order chi connectivity index (χ1) is 14.8. The Kier molecular flexibility index (Phi) is 8.15. The summed E-state index contributed by atoms with van der Waals surface area (Å²) in [5, 5.41) is 9.79. The van der Waals surface area contributed by atoms with E-state index in [0.717, 1.165) is 5.56 Å². The van der Waals surface area contributed by atoms with Crippen molar-refractivity contribution in [1.82, 2.24) is 14.5 Å². The first kappa shape index (κ1) is 23.8. The summed E-state index contributed by atoms with van der Waals surface area (Å²) < 4.78 is 29.8. The van der Waals surface area contributed by atoms with E-state index in [-0.39, 0.29) is 36.2 Å². The standard InChI is InChI=1S/C21H24ClN3O4S2/c22-18-8-6-16(7-9-18)20(26)17-10-12-25(13-11-17)31(28,29)24-19(21(30)23-27)14-15-4-2-1-3-5-15/h1-9,17,19,24,27H,10-14H2,(H,23,30)/t19-/m1/s1. The molecule has 31 heavy (non-hydrogen) atoms. The number of halogens is 1. The van der Waals surface area contributed by atoms with E-state index in [1.54, 1.807) is 24.3 Å². The summed E-state index contributed by atoms with van der Waals surface area (Å²) >= 11 is 11.0. The number of thiocarbonyl (C=S) groups is 1. The SMILES string of the molecule is O=C(c1ccc(Cl)cc1)C1CCN(S(=O)(=O)N[C@H](Cc2ccccc2)C(=S)NO)CC1. The summed E-state index contributed by atoms with van der Waals surface area (Å²) in [4.78, 5) is 12.7. The van der Waals surface area contributed by atoms with E-state index in [1.807, 2.05) is 35.8 Å². The summed E-state index contributed by atoms with van der Waals surface area (Å²) in [6.07, 6.45) is 1.14. The van der Waals surface area contributed by atoms with Gasteiger partial charge in [0, 0.05) is 29.6 Å². The number of nitrogens with zero attached hydrogens (tertiary/aromatic N) is 1. The van der Waals surface area contributed by atoms with Gasteiger partial charge >= 0.3 is 0 Å². The molecule has 1 aliphatic rings. The van der Waals surface area contributed by atoms with Crippen molar-refractivity contribution in [3.63, 3.8) is 0 Å². The Labute approximate surface area is 192 Å². The summed E-state index contributed by atoms with van der Waals surface area (Å²) in [5.74, 6) is -0.248. The number of ketones is 1. The molecular formula is C21H24ClN3O4S2. The van der Waals surface area contributed by atoms with Crippen LogP contribution in [-0.2, 0) is 16.6 Å². The minimum Gasteiger partial charge on any atom is -0.294 e. The van der Waals surface area contributed by atoms with Gasteiger partial charge in [-0.15, -0.1) is 0 Å². The van der Waals surface area contributed by atoms with Gasteiger partial charge in [0.25, 0.3) is 10.2 Å². The number of piperidine rings is 1. The van der Waals surface area contributed by atoms with Gasteiger partial charge in [0.1, 0.15) is 4.99 Å². The predicted molar refractivity (Wildman–Crippen MR) is 124 cm³/mol. The number of benzene rings is 2. The third-order valence-corrected chi connectivity index (χ3v) is 7.55. The van der Waals surface area contributed by atoms with Crippen LogP contribution in [0.5, 0.6) is 0 Å². The van der Waals surface area contributed by atoms with E-state index in [0.29, 0.717) is 23.4 Å². The maximum Gasteiger partial charge on any atom is 0.280 e. The van der Waals surface area contributed by atoms with Gasteiger partial charge in [0.05, 0.1) is 6.04 Å². The number of carbonyl (C=O) groups excluding carboxylic acids is 1. The molecule has 3 N–H and O–H groups in total. The molecule has 0 aliphatic carbocycles. The Balaban J connectivity index is 1.63. The molecule has 2 aromatic rings. The van der Waals surface area contributed by atoms with Crippen molar-refractivity contribution in [2.24, 2.45) is 5.92 Å². The highest BCUT2D eigenvalue weighted by atomic mass is 35.5. The Morgan fingerprint density at radius 3 is 2.32 bits per heavy atom. The third-order valence-electron chi connectivity index (χ3n) is 5.29. The average Bonchev–Trinajstić information content (AvgIpc) is 2.79. The highest BCUT2D eigenvalue weighted by Gasteiger charge is 2.33. The highest BCUT2D eigenvalue weighted by molar-refractivity contribution is 7.87. The molecule has 0 spiro atoms. The molecule has 10 heteroatoms. The first-order valence-electron chi connectivity index (χ1n) is 9.85. The van der Waals surface area contributed by atoms with Crippen molar-refractivity contribution in [3.05, 3.63) is 70.7 Å². The molecule has 0 saturated carbocycles. The molecule has 0 radical (unpaired) electrons. The van der Waals surface area contributed by atoms with Crippen molar-refractivity contribution in [2.75, 3.05) is 13.1 Å². The number of hydrogen-bond donors (Lipinski definition) is 3. The van der Waals surface area contributed by atoms with Gasteiger partial charge in [-0.3, -0.25) is 15.5 Å². The molecule has 0 aromatic heterocycles. The van der Waals surface area contributed by atoms with Crippen LogP contribution in [0, 0.1) is 5.92 Å². The van der Waals surface area contributed by atoms with Crippen LogP contribution >= 0.6 is 23.8 Å². The molecule has 1 saturated heterocycles. The van der Waals surface area contributed by atoms with E-state index in [4.69, 9.17) is 23.8 Å². The lowest BCUT2D eigenvalue weighted by atomic mass is 9.90. The van der Waals surface area contributed by atoms with Gasteiger partial charge in [-0.05, 0) is 49.1 Å². The Morgan fingerprint density at radius 2 is 1.74 bits per heavy atom. The lowest BCUT2D eigenvalue weighted by Gasteiger charge is -2.32. The monoisotopic (exact) mass is 481 g/mol. The van der Waals surface area contributed by atoms with Crippen molar-refractivity contribution in [2.45, 2.75) is 25.3 Å². The molecule has 0 bridgehead atoms. The Morgan fingerprint density at radius 1 is 1.13 bits per heavy atom. The van der Waals surface area contributed by atoms with Crippen LogP contribution in [-0.4, -0.2) is 47.8 Å². The zero-order chi connectivity index (χ0) is 22.4. The third kappa shape index (κ3) is 6.31. The summed E-state index contributed by atoms with van der Waals surface area (Å²) in [5.41, 5.74) is 3.34. The van der Waals surface area contributed by atoms with Crippen LogP contribution in [0.15, 0.2) is 54.6 Å². The number of rotatable bonds is 8. The number of Topliss-reactive ketones (excluding diaryl/α,β-unsaturated/α-hetero) is 1. The molecular weight excluding hydrogens is 458 g/mol. The Bertz CT molecular complexity index is 1010. The van der Waals surface area contributed by atoms with Gasteiger partial charge in [-0.2, -0.15) is 17.4 Å². The second-order valence-electron chi connectivity index (χ2n) is 7.39. The van der Waals surface area contributed by atoms with Crippen LogP contribution in [0.25, 0.3) is 0 Å². The molecule has 7 nitrogen and oxygen atoms in total. The van der Waals surface area contributed by atoms with Crippen LogP contribution in [0.4, 0.5) is 0 Å². The van der Waals surface area contributed by atoms with Crippen molar-refractivity contribution >= 4 is 44.8 Å². The number of hydroxylamine groups is 1. The lowest BCUT2D eigenvalue weighted by Crippen LogP contribution is -2.53. The number of carbonyl (C=O) groups is 1. The minimum absolute atomic E-state index is 0.00529. The van der Waals surface area contributed by atoms with Crippen LogP contribution < -0.4 is 10.2 Å². The van der Waals surface area contributed by atoms with Crippen LogP contribution in [0.1, 0.15) is 28.8 Å². The lowest BCUT2D eigenvalue weighted by molar-refractivity contribution is 0.0874. The van der Waals surface area contributed by atoms with Gasteiger partial charge in [-0.25, -0.2) is 0 Å². The Hall–Kier alpha value is -1.88. The maximum absolute atomic E-state index is 12.9. The molecule has 2 aromatic carbocycles. The fourth-order valence-corrected chi connectivity index (χ4v) is 5.32. The molecule has 166 valence electrons. The average molecular weight is 482 g/mol. The molecule has 1 aliphatic heterocycles. The van der Waals surface area contributed by atoms with E-state index >= 15 is 0 Å². The zero-order valence-corrected chi connectivity index (χ0v) is 19.1. The van der Waals surface area contributed by atoms with Crippen LogP contribution in [0.2, 0.25) is 5.02 Å². The molecule has 1 heterocycles. The summed E-state index contributed by atoms with van der Waals surface area (Å²) in [6, 6.07) is 15.2. The normalized spacial score (nSPS) is 16.6. The first-order valence-corrected chi connectivity index (χ1v) is 12.1. The van der Waals surface area contributed by atoms with E-state index in [1.165, 1.54) is 4.31 Å². The summed E-state index contributed by atoms with van der Waals surface area (Å²) in [6.45, 7) is 0.438. The maximum atomic E-state index is 12.9. The second kappa shape index (κ2) is 10.6. The fourth-order valence-electron chi connectivity index (χ4n) is 3.58. The summed E-state index contributed by atoms with van der Waals surface area (Å²) in [7, 11) is -3.86. The highest BCUT2D eigenvalue weighted by Crippen LogP contribution is 2.24. The van der Waals surface area contributed by atoms with Gasteiger partial charge in [0.2, 0.25) is 0 Å². The second-order valence-corrected chi connectivity index (χ2v) is 9.96. The number of hydrogen-bond acceptors (Lipinski definition) is 5. The molecule has 0 unspecified atom stereocenters. The smallest absolute Gasteiger partial charge is 0.280 e. The van der Waals surface area contributed by atoms with Gasteiger partial charge < -0.3 is 0 Å². The van der Waals surface area contributed by atoms with E-state index in [9.17, 15) is 18.4 Å². The van der Waals surface area contributed by atoms with Crippen molar-refractivity contribution in [3.8, 4) is 0 Å². The van der Waals surface area contributed by atoms with E-state index in [2.05, 4.69) is 4.72 Å². The van der Waals surface area contributed by atoms with Crippen molar-refractivity contribution < 1.29 is 18.4 Å². The molecule has 1 atom stereocenters. The predicted octanol–water partition coefficient (Wildman–Crippen LogP) is 2.99. The number of nitrogens with one attached hydrogen (secondary N) is 2. The van der Waals surface area contributed by atoms with E-state index < -0.39 is 16.3 Å². The molecule has 0 amide bonds.